The summed E-state index contributed by atoms with van der Waals surface area (Å²) >= 11 is 0. The molecule has 11 nitrogen and oxygen atoms in total. The molecule has 198 valence electrons. The molecule has 1 saturated heterocycles. The minimum absolute atomic E-state index is 0.194. The summed E-state index contributed by atoms with van der Waals surface area (Å²) in [5.74, 6) is -1.02. The van der Waals surface area contributed by atoms with Crippen LogP contribution in [-0.2, 0) is 4.74 Å². The topological polar surface area (TPSA) is 140 Å². The SMILES string of the molecule is O=C(N=[N+]=Nc1ccc(C(=O)c2ccc(NC(=O)c3ccnnc3)cc2)cc1)c1ccc(N2CCOCC2)cc1. The Labute approximate surface area is 229 Å². The predicted molar refractivity (Wildman–Crippen MR) is 147 cm³/mol. The van der Waals surface area contributed by atoms with E-state index in [-0.39, 0.29) is 11.7 Å². The highest BCUT2D eigenvalue weighted by Crippen LogP contribution is 2.19. The number of rotatable bonds is 7. The Bertz CT molecular complexity index is 1560. The maximum atomic E-state index is 12.9. The van der Waals surface area contributed by atoms with Crippen LogP contribution >= 0.6 is 0 Å². The number of ketones is 1. The van der Waals surface area contributed by atoms with Crippen LogP contribution in [0.2, 0.25) is 0 Å². The standard InChI is InChI=1S/C29H23N7O4/c37-27(20-1-7-24(8-2-20)32-28(38)23-13-14-30-31-19-23)21-3-9-25(10-4-21)33-35-34-29(39)22-5-11-26(12-6-22)36-15-17-40-18-16-36/h1-14,19H,15-18H2/p+1. The summed E-state index contributed by atoms with van der Waals surface area (Å²) in [5, 5.41) is 17.7. The van der Waals surface area contributed by atoms with E-state index in [1.165, 1.54) is 12.4 Å². The van der Waals surface area contributed by atoms with E-state index >= 15 is 0 Å². The molecule has 1 aliphatic rings. The van der Waals surface area contributed by atoms with Crippen LogP contribution in [-0.4, -0.2) is 54.1 Å². The number of carbonyl (C=O) groups is 3. The number of amides is 2. The van der Waals surface area contributed by atoms with Gasteiger partial charge in [-0.3, -0.25) is 14.4 Å². The van der Waals surface area contributed by atoms with Crippen molar-refractivity contribution < 1.29 is 19.1 Å². The van der Waals surface area contributed by atoms with E-state index in [1.807, 2.05) is 12.1 Å². The van der Waals surface area contributed by atoms with Crippen LogP contribution < -0.4 is 15.1 Å². The van der Waals surface area contributed by atoms with Crippen LogP contribution in [0, 0.1) is 0 Å². The van der Waals surface area contributed by atoms with Gasteiger partial charge in [0.15, 0.2) is 16.6 Å². The lowest BCUT2D eigenvalue weighted by Gasteiger charge is -2.28. The van der Waals surface area contributed by atoms with Crippen LogP contribution in [0.15, 0.2) is 101 Å². The summed E-state index contributed by atoms with van der Waals surface area (Å²) in [6, 6.07) is 21.8. The van der Waals surface area contributed by atoms with Crippen molar-refractivity contribution in [2.24, 2.45) is 10.2 Å². The lowest BCUT2D eigenvalue weighted by molar-refractivity contribution is 0.0989. The number of nitrogens with zero attached hydrogens (tertiary/aromatic N) is 6. The zero-order valence-corrected chi connectivity index (χ0v) is 21.3. The predicted octanol–water partition coefficient (Wildman–Crippen LogP) is 4.24. The molecule has 0 radical (unpaired) electrons. The summed E-state index contributed by atoms with van der Waals surface area (Å²) in [5.41, 5.74) is 3.71. The number of hydrogen-bond donors (Lipinski definition) is 1. The molecule has 0 bridgehead atoms. The van der Waals surface area contributed by atoms with Gasteiger partial charge in [0.2, 0.25) is 10.0 Å². The number of carbonyl (C=O) groups excluding carboxylic acids is 3. The van der Waals surface area contributed by atoms with Crippen molar-refractivity contribution in [1.82, 2.24) is 15.1 Å². The van der Waals surface area contributed by atoms with Crippen molar-refractivity contribution in [3.05, 3.63) is 114 Å². The average Bonchev–Trinajstić information content (AvgIpc) is 3.02. The van der Waals surface area contributed by atoms with Crippen molar-refractivity contribution in [1.29, 1.82) is 0 Å². The quantitative estimate of drug-likeness (QED) is 0.212. The maximum Gasteiger partial charge on any atom is 0.360 e. The van der Waals surface area contributed by atoms with Crippen molar-refractivity contribution in [2.45, 2.75) is 0 Å². The highest BCUT2D eigenvalue weighted by molar-refractivity contribution is 6.09. The van der Waals surface area contributed by atoms with Gasteiger partial charge in [-0.2, -0.15) is 10.2 Å². The fraction of sp³-hybridized carbons (Fsp3) is 0.138. The molecule has 1 fully saturated rings. The second-order valence-electron chi connectivity index (χ2n) is 8.78. The van der Waals surface area contributed by atoms with Gasteiger partial charge >= 0.3 is 5.91 Å². The molecule has 2 heterocycles. The van der Waals surface area contributed by atoms with Gasteiger partial charge in [-0.25, -0.2) is 0 Å². The van der Waals surface area contributed by atoms with Crippen molar-refractivity contribution in [3.63, 3.8) is 0 Å². The first-order valence-corrected chi connectivity index (χ1v) is 12.5. The van der Waals surface area contributed by atoms with E-state index < -0.39 is 5.91 Å². The summed E-state index contributed by atoms with van der Waals surface area (Å²) in [4.78, 5) is 43.3. The largest absolute Gasteiger partial charge is 0.378 e. The Morgan fingerprint density at radius 3 is 2.08 bits per heavy atom. The van der Waals surface area contributed by atoms with Gasteiger partial charge in [-0.1, -0.05) is 0 Å². The highest BCUT2D eigenvalue weighted by atomic mass is 16.5. The van der Waals surface area contributed by atoms with Crippen LogP contribution in [0.3, 0.4) is 0 Å². The molecule has 4 aromatic rings. The molecule has 3 aromatic carbocycles. The molecule has 0 unspecified atom stereocenters. The van der Waals surface area contributed by atoms with Gasteiger partial charge in [0.25, 0.3) is 5.91 Å². The van der Waals surface area contributed by atoms with Gasteiger partial charge < -0.3 is 15.0 Å². The summed E-state index contributed by atoms with van der Waals surface area (Å²) < 4.78 is 5.36. The molecule has 0 aliphatic carbocycles. The third-order valence-corrected chi connectivity index (χ3v) is 6.17. The van der Waals surface area contributed by atoms with Crippen LogP contribution in [0.4, 0.5) is 17.1 Å². The first kappa shape index (κ1) is 26.2. The number of aromatic nitrogens is 2. The van der Waals surface area contributed by atoms with Crippen LogP contribution in [0.1, 0.15) is 36.6 Å². The Morgan fingerprint density at radius 2 is 1.43 bits per heavy atom. The van der Waals surface area contributed by atoms with E-state index in [0.717, 1.165) is 18.8 Å². The monoisotopic (exact) mass is 534 g/mol. The Hall–Kier alpha value is -5.38. The first-order valence-electron chi connectivity index (χ1n) is 12.5. The second-order valence-corrected chi connectivity index (χ2v) is 8.78. The van der Waals surface area contributed by atoms with Gasteiger partial charge in [-0.05, 0) is 78.9 Å². The van der Waals surface area contributed by atoms with Crippen molar-refractivity contribution >= 4 is 34.7 Å². The number of morpholine rings is 1. The van der Waals surface area contributed by atoms with Gasteiger partial charge in [-0.15, -0.1) is 0 Å². The van der Waals surface area contributed by atoms with Crippen LogP contribution in [0.5, 0.6) is 0 Å². The van der Waals surface area contributed by atoms with Gasteiger partial charge in [0, 0.05) is 41.2 Å². The van der Waals surface area contributed by atoms with E-state index in [0.29, 0.717) is 46.8 Å². The third kappa shape index (κ3) is 6.54. The lowest BCUT2D eigenvalue weighted by atomic mass is 10.0. The zero-order valence-electron chi connectivity index (χ0n) is 21.3. The number of hydrogen-bond acceptors (Lipinski definition) is 8. The minimum atomic E-state index is -0.499. The lowest BCUT2D eigenvalue weighted by Crippen LogP contribution is -2.36. The fourth-order valence-corrected chi connectivity index (χ4v) is 3.99. The molecule has 40 heavy (non-hydrogen) atoms. The summed E-state index contributed by atoms with van der Waals surface area (Å²) in [6.07, 6.45) is 2.80. The molecule has 0 atom stereocenters. The van der Waals surface area contributed by atoms with Gasteiger partial charge in [0.05, 0.1) is 31.2 Å². The Kier molecular flexibility index (Phi) is 8.16. The van der Waals surface area contributed by atoms with Crippen LogP contribution in [0.25, 0.3) is 0 Å². The molecule has 1 N–H and O–H groups in total. The average molecular weight is 535 g/mol. The molecule has 0 saturated carbocycles. The number of ether oxygens (including phenoxy) is 1. The molecule has 11 heteroatoms. The van der Waals surface area contributed by atoms with E-state index in [2.05, 4.69) is 35.6 Å². The van der Waals surface area contributed by atoms with Gasteiger partial charge in [0.1, 0.15) is 0 Å². The number of nitrogens with one attached hydrogen (secondary N) is 1. The molecule has 0 spiro atoms. The minimum Gasteiger partial charge on any atom is -0.378 e. The molecular weight excluding hydrogens is 510 g/mol. The number of benzene rings is 3. The molecule has 2 amide bonds. The van der Waals surface area contributed by atoms with E-state index in [4.69, 9.17) is 4.74 Å². The Balaban J connectivity index is 1.17. The molecule has 1 aliphatic heterocycles. The van der Waals surface area contributed by atoms with Crippen molar-refractivity contribution in [2.75, 3.05) is 36.5 Å². The Morgan fingerprint density at radius 1 is 0.775 bits per heavy atom. The highest BCUT2D eigenvalue weighted by Gasteiger charge is 2.15. The summed E-state index contributed by atoms with van der Waals surface area (Å²) in [6.45, 7) is 3.00. The zero-order chi connectivity index (χ0) is 27.7. The van der Waals surface area contributed by atoms with E-state index in [1.54, 1.807) is 66.7 Å². The first-order chi connectivity index (χ1) is 19.6. The second kappa shape index (κ2) is 12.4. The normalized spacial score (nSPS) is 12.7. The fourth-order valence-electron chi connectivity index (χ4n) is 3.99. The smallest absolute Gasteiger partial charge is 0.360 e. The summed E-state index contributed by atoms with van der Waals surface area (Å²) in [7, 11) is 0. The third-order valence-electron chi connectivity index (χ3n) is 6.17. The molecule has 5 rings (SSSR count). The maximum absolute atomic E-state index is 12.9. The number of anilines is 2. The molecular formula is C29H24N7O4+. The molecule has 1 aromatic heterocycles. The van der Waals surface area contributed by atoms with Crippen molar-refractivity contribution in [3.8, 4) is 0 Å². The van der Waals surface area contributed by atoms with E-state index in [9.17, 15) is 14.4 Å².